The Morgan fingerprint density at radius 1 is 1.32 bits per heavy atom. The average molecular weight is 298 g/mol. The van der Waals surface area contributed by atoms with Gasteiger partial charge >= 0.3 is 5.97 Å². The Hall–Kier alpha value is -3.09. The highest BCUT2D eigenvalue weighted by Gasteiger charge is 2.13. The van der Waals surface area contributed by atoms with Gasteiger partial charge in [0, 0.05) is 18.8 Å². The SMILES string of the molecule is Cc1c(-n2cc(-c3cccc(C(=O)O)c3)cn2)n(C)[nH]c1=O. The van der Waals surface area contributed by atoms with Gasteiger partial charge in [-0.1, -0.05) is 12.1 Å². The number of aromatic nitrogens is 4. The van der Waals surface area contributed by atoms with E-state index in [1.54, 1.807) is 47.9 Å². The van der Waals surface area contributed by atoms with Crippen LogP contribution < -0.4 is 5.56 Å². The van der Waals surface area contributed by atoms with E-state index in [1.807, 2.05) is 6.07 Å². The number of hydrogen-bond donors (Lipinski definition) is 2. The van der Waals surface area contributed by atoms with E-state index in [4.69, 9.17) is 5.11 Å². The van der Waals surface area contributed by atoms with Crippen molar-refractivity contribution in [3.8, 4) is 16.9 Å². The van der Waals surface area contributed by atoms with Crippen molar-refractivity contribution < 1.29 is 9.90 Å². The van der Waals surface area contributed by atoms with E-state index >= 15 is 0 Å². The summed E-state index contributed by atoms with van der Waals surface area (Å²) in [6.07, 6.45) is 3.40. The fraction of sp³-hybridized carbons (Fsp3) is 0.133. The van der Waals surface area contributed by atoms with Crippen molar-refractivity contribution in [3.63, 3.8) is 0 Å². The Kier molecular flexibility index (Phi) is 3.17. The average Bonchev–Trinajstić information content (AvgIpc) is 3.05. The van der Waals surface area contributed by atoms with Gasteiger partial charge < -0.3 is 5.11 Å². The fourth-order valence-corrected chi connectivity index (χ4v) is 2.39. The second-order valence-electron chi connectivity index (χ2n) is 5.01. The molecule has 0 aliphatic carbocycles. The molecule has 0 aliphatic heterocycles. The molecule has 0 unspecified atom stereocenters. The molecule has 1 aromatic carbocycles. The van der Waals surface area contributed by atoms with Gasteiger partial charge in [0.1, 0.15) is 0 Å². The topological polar surface area (TPSA) is 92.9 Å². The summed E-state index contributed by atoms with van der Waals surface area (Å²) < 4.78 is 3.19. The first-order valence-electron chi connectivity index (χ1n) is 6.62. The first kappa shape index (κ1) is 13.9. The Morgan fingerprint density at radius 2 is 2.09 bits per heavy atom. The molecule has 7 heteroatoms. The molecular formula is C15H14N4O3. The molecule has 0 bridgehead atoms. The smallest absolute Gasteiger partial charge is 0.335 e. The van der Waals surface area contributed by atoms with Crippen LogP contribution in [0, 0.1) is 6.92 Å². The molecule has 2 aromatic heterocycles. The first-order valence-corrected chi connectivity index (χ1v) is 6.62. The lowest BCUT2D eigenvalue weighted by atomic mass is 10.1. The number of rotatable bonds is 3. The lowest BCUT2D eigenvalue weighted by molar-refractivity contribution is 0.0697. The summed E-state index contributed by atoms with van der Waals surface area (Å²) in [7, 11) is 1.73. The molecule has 2 heterocycles. The molecule has 0 amide bonds. The van der Waals surface area contributed by atoms with Crippen molar-refractivity contribution >= 4 is 5.97 Å². The molecule has 3 aromatic rings. The van der Waals surface area contributed by atoms with Crippen molar-refractivity contribution in [1.29, 1.82) is 0 Å². The molecule has 0 radical (unpaired) electrons. The van der Waals surface area contributed by atoms with E-state index in [-0.39, 0.29) is 11.1 Å². The van der Waals surface area contributed by atoms with Crippen LogP contribution in [0.3, 0.4) is 0 Å². The largest absolute Gasteiger partial charge is 0.478 e. The van der Waals surface area contributed by atoms with Crippen molar-refractivity contribution in [3.05, 3.63) is 58.1 Å². The zero-order valence-electron chi connectivity index (χ0n) is 12.1. The van der Waals surface area contributed by atoms with Gasteiger partial charge in [-0.3, -0.25) is 14.6 Å². The third kappa shape index (κ3) is 2.22. The molecule has 2 N–H and O–H groups in total. The van der Waals surface area contributed by atoms with Crippen molar-refractivity contribution in [1.82, 2.24) is 19.6 Å². The second-order valence-corrected chi connectivity index (χ2v) is 5.01. The molecule has 0 saturated heterocycles. The summed E-state index contributed by atoms with van der Waals surface area (Å²) in [4.78, 5) is 22.7. The number of carboxylic acids is 1. The zero-order valence-corrected chi connectivity index (χ0v) is 12.1. The quantitative estimate of drug-likeness (QED) is 0.767. The van der Waals surface area contributed by atoms with Gasteiger partial charge in [-0.25, -0.2) is 9.48 Å². The zero-order chi connectivity index (χ0) is 15.9. The Labute approximate surface area is 125 Å². The summed E-state index contributed by atoms with van der Waals surface area (Å²) in [5.41, 5.74) is 2.15. The maximum Gasteiger partial charge on any atom is 0.335 e. The van der Waals surface area contributed by atoms with Crippen LogP contribution in [0.1, 0.15) is 15.9 Å². The van der Waals surface area contributed by atoms with Gasteiger partial charge in [0.2, 0.25) is 0 Å². The van der Waals surface area contributed by atoms with Crippen LogP contribution in [-0.2, 0) is 7.05 Å². The number of aryl methyl sites for hydroxylation is 1. The van der Waals surface area contributed by atoms with Gasteiger partial charge in [0.25, 0.3) is 5.56 Å². The van der Waals surface area contributed by atoms with Crippen molar-refractivity contribution in [2.45, 2.75) is 6.92 Å². The molecule has 0 spiro atoms. The standard InChI is InChI=1S/C15H14N4O3/c1-9-13(20)17-18(2)14(9)19-8-12(7-16-19)10-4-3-5-11(6-10)15(21)22/h3-8H,1-2H3,(H,17,20)(H,21,22). The Bertz CT molecular complexity index is 917. The van der Waals surface area contributed by atoms with E-state index in [0.29, 0.717) is 11.4 Å². The molecule has 112 valence electrons. The number of H-pyrrole nitrogens is 1. The summed E-state index contributed by atoms with van der Waals surface area (Å²) in [5.74, 6) is -0.330. The molecule has 0 aliphatic rings. The number of hydrogen-bond acceptors (Lipinski definition) is 3. The summed E-state index contributed by atoms with van der Waals surface area (Å²) in [6, 6.07) is 6.63. The van der Waals surface area contributed by atoms with Crippen LogP contribution in [0.2, 0.25) is 0 Å². The number of nitrogens with zero attached hydrogens (tertiary/aromatic N) is 3. The maximum atomic E-state index is 11.6. The molecule has 0 saturated carbocycles. The predicted octanol–water partition coefficient (Wildman–Crippen LogP) is 1.57. The van der Waals surface area contributed by atoms with E-state index < -0.39 is 5.97 Å². The Balaban J connectivity index is 2.06. The number of carboxylic acid groups (broad SMARTS) is 1. The van der Waals surface area contributed by atoms with Gasteiger partial charge in [-0.2, -0.15) is 5.10 Å². The number of carbonyl (C=O) groups is 1. The van der Waals surface area contributed by atoms with Gasteiger partial charge in [0.05, 0.1) is 17.3 Å². The van der Waals surface area contributed by atoms with Crippen LogP contribution in [0.15, 0.2) is 41.5 Å². The minimum Gasteiger partial charge on any atom is -0.478 e. The molecule has 0 atom stereocenters. The third-order valence-electron chi connectivity index (χ3n) is 3.51. The highest BCUT2D eigenvalue weighted by molar-refractivity contribution is 5.89. The molecule has 0 fully saturated rings. The number of benzene rings is 1. The molecule has 3 rings (SSSR count). The molecule has 22 heavy (non-hydrogen) atoms. The predicted molar refractivity (Wildman–Crippen MR) is 80.3 cm³/mol. The van der Waals surface area contributed by atoms with Crippen LogP contribution in [0.25, 0.3) is 16.9 Å². The van der Waals surface area contributed by atoms with Crippen molar-refractivity contribution in [2.75, 3.05) is 0 Å². The molecular weight excluding hydrogens is 284 g/mol. The van der Waals surface area contributed by atoms with Crippen LogP contribution >= 0.6 is 0 Å². The number of aromatic carboxylic acids is 1. The fourth-order valence-electron chi connectivity index (χ4n) is 2.39. The second kappa shape index (κ2) is 5.03. The normalized spacial score (nSPS) is 10.8. The van der Waals surface area contributed by atoms with Crippen LogP contribution in [-0.4, -0.2) is 30.6 Å². The van der Waals surface area contributed by atoms with Gasteiger partial charge in [0.15, 0.2) is 5.82 Å². The summed E-state index contributed by atoms with van der Waals surface area (Å²) >= 11 is 0. The highest BCUT2D eigenvalue weighted by atomic mass is 16.4. The van der Waals surface area contributed by atoms with E-state index in [0.717, 1.165) is 11.1 Å². The number of aromatic amines is 1. The lowest BCUT2D eigenvalue weighted by Gasteiger charge is -2.03. The third-order valence-corrected chi connectivity index (χ3v) is 3.51. The Morgan fingerprint density at radius 3 is 2.73 bits per heavy atom. The van der Waals surface area contributed by atoms with Crippen LogP contribution in [0.5, 0.6) is 0 Å². The van der Waals surface area contributed by atoms with Gasteiger partial charge in [-0.15, -0.1) is 0 Å². The minimum atomic E-state index is -0.974. The van der Waals surface area contributed by atoms with E-state index in [2.05, 4.69) is 10.2 Å². The van der Waals surface area contributed by atoms with E-state index in [1.165, 1.54) is 6.07 Å². The van der Waals surface area contributed by atoms with Crippen LogP contribution in [0.4, 0.5) is 0 Å². The monoisotopic (exact) mass is 298 g/mol. The lowest BCUT2D eigenvalue weighted by Crippen LogP contribution is -2.04. The molecule has 7 nitrogen and oxygen atoms in total. The highest BCUT2D eigenvalue weighted by Crippen LogP contribution is 2.21. The van der Waals surface area contributed by atoms with E-state index in [9.17, 15) is 9.59 Å². The minimum absolute atomic E-state index is 0.164. The summed E-state index contributed by atoms with van der Waals surface area (Å²) in [5, 5.41) is 16.0. The number of nitrogens with one attached hydrogen (secondary N) is 1. The maximum absolute atomic E-state index is 11.6. The summed E-state index contributed by atoms with van der Waals surface area (Å²) in [6.45, 7) is 1.72. The first-order chi connectivity index (χ1) is 10.5. The van der Waals surface area contributed by atoms with Gasteiger partial charge in [-0.05, 0) is 24.6 Å². The van der Waals surface area contributed by atoms with Crippen molar-refractivity contribution in [2.24, 2.45) is 7.05 Å².